The number of para-hydroxylation sites is 1. The van der Waals surface area contributed by atoms with Gasteiger partial charge in [0.05, 0.1) is 32.6 Å². The molecule has 0 aliphatic heterocycles. The average molecular weight is 551 g/mol. The van der Waals surface area contributed by atoms with Gasteiger partial charge in [0.1, 0.15) is 5.82 Å². The predicted molar refractivity (Wildman–Crippen MR) is 155 cm³/mol. The van der Waals surface area contributed by atoms with Crippen molar-refractivity contribution in [3.8, 4) is 16.9 Å². The van der Waals surface area contributed by atoms with Crippen LogP contribution >= 0.6 is 23.2 Å². The van der Waals surface area contributed by atoms with E-state index < -0.39 is 5.82 Å². The highest BCUT2D eigenvalue weighted by molar-refractivity contribution is 6.33. The van der Waals surface area contributed by atoms with Gasteiger partial charge in [0.15, 0.2) is 0 Å². The van der Waals surface area contributed by atoms with Crippen LogP contribution in [0.25, 0.3) is 27.8 Å². The minimum absolute atomic E-state index is 0.000302. The van der Waals surface area contributed by atoms with Crippen LogP contribution in [0.4, 0.5) is 4.39 Å². The number of aryl methyl sites for hydroxylation is 1. The summed E-state index contributed by atoms with van der Waals surface area (Å²) in [4.78, 5) is 20.9. The number of aromatic nitrogens is 2. The molecule has 0 saturated heterocycles. The second-order valence-electron chi connectivity index (χ2n) is 10.4. The number of hydrogen-bond donors (Lipinski definition) is 0. The molecule has 0 spiro atoms. The summed E-state index contributed by atoms with van der Waals surface area (Å²) >= 11 is 13.2. The van der Waals surface area contributed by atoms with Crippen LogP contribution in [0.15, 0.2) is 71.5 Å². The average Bonchev–Trinajstić information content (AvgIpc) is 3.25. The Bertz CT molecular complexity index is 1610. The van der Waals surface area contributed by atoms with Crippen molar-refractivity contribution in [2.24, 2.45) is 0 Å². The minimum Gasteiger partial charge on any atom is -0.301 e. The van der Waals surface area contributed by atoms with E-state index in [1.807, 2.05) is 25.1 Å². The van der Waals surface area contributed by atoms with E-state index >= 15 is 0 Å². The molecule has 2 aromatic heterocycles. The summed E-state index contributed by atoms with van der Waals surface area (Å²) < 4.78 is 15.6. The fourth-order valence-electron chi connectivity index (χ4n) is 5.49. The zero-order valence-corrected chi connectivity index (χ0v) is 23.4. The number of fused-ring (bicyclic) bond motifs is 1. The molecule has 5 rings (SSSR count). The Hall–Kier alpha value is -2.99. The Morgan fingerprint density at radius 3 is 2.55 bits per heavy atom. The van der Waals surface area contributed by atoms with E-state index in [1.165, 1.54) is 18.2 Å². The van der Waals surface area contributed by atoms with Gasteiger partial charge in [-0.1, -0.05) is 47.5 Å². The van der Waals surface area contributed by atoms with E-state index in [2.05, 4.69) is 32.4 Å². The van der Waals surface area contributed by atoms with Crippen LogP contribution < -0.4 is 5.56 Å². The third kappa shape index (κ3) is 4.68. The van der Waals surface area contributed by atoms with Crippen molar-refractivity contribution in [2.75, 3.05) is 7.05 Å². The van der Waals surface area contributed by atoms with Crippen LogP contribution in [-0.4, -0.2) is 33.6 Å². The van der Waals surface area contributed by atoms with Crippen molar-refractivity contribution in [3.63, 3.8) is 0 Å². The summed E-state index contributed by atoms with van der Waals surface area (Å²) in [7, 11) is 2.14. The number of hydrogen-bond acceptors (Lipinski definition) is 3. The molecule has 2 unspecified atom stereocenters. The number of nitrogens with zero attached hydrogens (tertiary/aromatic N) is 3. The van der Waals surface area contributed by atoms with Gasteiger partial charge in [0.2, 0.25) is 0 Å². The Kier molecular flexibility index (Phi) is 7.21. The van der Waals surface area contributed by atoms with Gasteiger partial charge >= 0.3 is 0 Å². The van der Waals surface area contributed by atoms with Crippen molar-refractivity contribution in [2.45, 2.75) is 51.6 Å². The zero-order chi connectivity index (χ0) is 27.3. The van der Waals surface area contributed by atoms with Crippen LogP contribution in [0.1, 0.15) is 43.9 Å². The highest BCUT2D eigenvalue weighted by Crippen LogP contribution is 2.43. The van der Waals surface area contributed by atoms with Crippen molar-refractivity contribution < 1.29 is 4.39 Å². The first-order chi connectivity index (χ1) is 18.1. The molecule has 38 heavy (non-hydrogen) atoms. The molecule has 0 amide bonds. The van der Waals surface area contributed by atoms with E-state index in [1.54, 1.807) is 22.8 Å². The van der Waals surface area contributed by atoms with E-state index in [0.29, 0.717) is 39.6 Å². The quantitative estimate of drug-likeness (QED) is 0.237. The van der Waals surface area contributed by atoms with Gasteiger partial charge in [-0.25, -0.2) is 4.39 Å². The predicted octanol–water partition coefficient (Wildman–Crippen LogP) is 7.95. The van der Waals surface area contributed by atoms with Crippen molar-refractivity contribution in [3.05, 3.63) is 104 Å². The lowest BCUT2D eigenvalue weighted by Crippen LogP contribution is -2.35. The fourth-order valence-corrected chi connectivity index (χ4v) is 6.05. The molecular weight excluding hydrogens is 520 g/mol. The summed E-state index contributed by atoms with van der Waals surface area (Å²) in [6.45, 7) is 10.7. The molecular formula is C31H30Cl2FN3O. The Labute approximate surface area is 232 Å². The smallest absolute Gasteiger partial charge is 0.255 e. The van der Waals surface area contributed by atoms with Gasteiger partial charge in [-0.05, 0) is 82.6 Å². The monoisotopic (exact) mass is 549 g/mol. The van der Waals surface area contributed by atoms with Gasteiger partial charge < -0.3 is 4.90 Å². The van der Waals surface area contributed by atoms with Gasteiger partial charge in [-0.3, -0.25) is 14.3 Å². The molecule has 0 N–H and O–H groups in total. The van der Waals surface area contributed by atoms with Crippen molar-refractivity contribution >= 4 is 34.1 Å². The molecule has 196 valence electrons. The largest absolute Gasteiger partial charge is 0.301 e. The molecule has 2 atom stereocenters. The lowest BCUT2D eigenvalue weighted by atomic mass is 9.96. The molecule has 1 fully saturated rings. The molecule has 2 heterocycles. The molecule has 0 bridgehead atoms. The summed E-state index contributed by atoms with van der Waals surface area (Å²) in [5.74, 6) is -0.425. The Morgan fingerprint density at radius 1 is 1.11 bits per heavy atom. The third-order valence-corrected chi connectivity index (χ3v) is 8.37. The molecule has 4 nitrogen and oxygen atoms in total. The highest BCUT2D eigenvalue weighted by atomic mass is 35.5. The fraction of sp³-hybridized carbons (Fsp3) is 0.290. The molecule has 1 aliphatic rings. The number of halogens is 3. The van der Waals surface area contributed by atoms with Crippen molar-refractivity contribution in [1.29, 1.82) is 0 Å². The Morgan fingerprint density at radius 2 is 1.87 bits per heavy atom. The molecule has 1 saturated carbocycles. The first-order valence-electron chi connectivity index (χ1n) is 12.7. The third-order valence-electron chi connectivity index (χ3n) is 7.75. The van der Waals surface area contributed by atoms with Gasteiger partial charge in [0.25, 0.3) is 5.56 Å². The maximum atomic E-state index is 14.0. The van der Waals surface area contributed by atoms with Gasteiger partial charge in [-0.2, -0.15) is 0 Å². The maximum absolute atomic E-state index is 14.0. The normalized spacial score (nSPS) is 17.8. The van der Waals surface area contributed by atoms with E-state index in [-0.39, 0.29) is 16.5 Å². The van der Waals surface area contributed by atoms with Crippen molar-refractivity contribution in [1.82, 2.24) is 14.5 Å². The molecule has 7 heteroatoms. The second-order valence-corrected chi connectivity index (χ2v) is 11.2. The number of benzene rings is 2. The minimum atomic E-state index is -0.424. The molecule has 4 aromatic rings. The number of rotatable bonds is 5. The number of pyridine rings is 2. The van der Waals surface area contributed by atoms with Crippen LogP contribution in [0, 0.1) is 12.7 Å². The standard InChI is InChI=1S/C31H30Cl2FN3O/c1-17(2)36(5)21-13-19(4)24(15-21)27-16-28-23(30(35-27)22-10-9-20(34)14-26(22)33)11-12-29(38)37(28)31-18(3)7-6-8-25(31)32/h6-12,14,16-17,21,24H,4,13,15H2,1-3,5H3. The second kappa shape index (κ2) is 10.3. The zero-order valence-electron chi connectivity index (χ0n) is 21.9. The van der Waals surface area contributed by atoms with E-state index in [9.17, 15) is 9.18 Å². The SMILES string of the molecule is C=C1CC(N(C)C(C)C)CC1c1cc2c(ccc(=O)n2-c2c(C)cccc2Cl)c(-c2ccc(F)cc2Cl)n1. The van der Waals surface area contributed by atoms with Crippen LogP contribution in [0.3, 0.4) is 0 Å². The molecule has 2 aromatic carbocycles. The van der Waals surface area contributed by atoms with Crippen LogP contribution in [0.2, 0.25) is 10.0 Å². The highest BCUT2D eigenvalue weighted by Gasteiger charge is 2.34. The topological polar surface area (TPSA) is 38.1 Å². The summed E-state index contributed by atoms with van der Waals surface area (Å²) in [5.41, 5.74) is 5.06. The van der Waals surface area contributed by atoms with E-state index in [4.69, 9.17) is 28.2 Å². The first-order valence-corrected chi connectivity index (χ1v) is 13.5. The van der Waals surface area contributed by atoms with Gasteiger partial charge in [-0.15, -0.1) is 0 Å². The summed E-state index contributed by atoms with van der Waals surface area (Å²) in [6.07, 6.45) is 1.74. The van der Waals surface area contributed by atoms with Gasteiger partial charge in [0, 0.05) is 35.0 Å². The lowest BCUT2D eigenvalue weighted by molar-refractivity contribution is 0.198. The van der Waals surface area contributed by atoms with Crippen LogP contribution in [0.5, 0.6) is 0 Å². The summed E-state index contributed by atoms with van der Waals surface area (Å²) in [5, 5.41) is 1.45. The maximum Gasteiger partial charge on any atom is 0.255 e. The Balaban J connectivity index is 1.81. The summed E-state index contributed by atoms with van der Waals surface area (Å²) in [6, 6.07) is 15.8. The first kappa shape index (κ1) is 26.6. The molecule has 1 aliphatic carbocycles. The van der Waals surface area contributed by atoms with E-state index in [0.717, 1.165) is 35.1 Å². The lowest BCUT2D eigenvalue weighted by Gasteiger charge is -2.28. The molecule has 0 radical (unpaired) electrons. The van der Waals surface area contributed by atoms with Crippen LogP contribution in [-0.2, 0) is 0 Å².